The molecule has 10 heavy (non-hydrogen) atoms. The van der Waals surface area contributed by atoms with Crippen LogP contribution in [-0.4, -0.2) is 17.4 Å². The Bertz CT molecular complexity index is 97.4. The summed E-state index contributed by atoms with van der Waals surface area (Å²) >= 11 is 0. The molecule has 0 aromatic rings. The number of hydrogen-bond acceptors (Lipinski definition) is 2. The molecule has 1 rings (SSSR count). The minimum atomic E-state index is -0.504. The molecule has 2 N–H and O–H groups in total. The van der Waals surface area contributed by atoms with Crippen molar-refractivity contribution in [2.45, 2.75) is 44.8 Å². The summed E-state index contributed by atoms with van der Waals surface area (Å²) in [6, 6.07) is 0. The first-order valence-electron chi connectivity index (χ1n) is 4.24. The van der Waals surface area contributed by atoms with Crippen molar-refractivity contribution >= 4 is 0 Å². The van der Waals surface area contributed by atoms with Gasteiger partial charge < -0.3 is 5.11 Å². The summed E-state index contributed by atoms with van der Waals surface area (Å²) in [6.45, 7) is 3.06. The summed E-state index contributed by atoms with van der Waals surface area (Å²) < 4.78 is 0. The lowest BCUT2D eigenvalue weighted by atomic mass is 10.2. The Morgan fingerprint density at radius 3 is 2.50 bits per heavy atom. The van der Waals surface area contributed by atoms with Crippen LogP contribution in [0.4, 0.5) is 0 Å². The Balaban J connectivity index is 2.22. The third-order valence-corrected chi connectivity index (χ3v) is 2.13. The van der Waals surface area contributed by atoms with Crippen LogP contribution in [0.1, 0.15) is 39.0 Å². The largest absolute Gasteiger partial charge is 0.376 e. The molecule has 0 radical (unpaired) electrons. The molecule has 0 heterocycles. The summed E-state index contributed by atoms with van der Waals surface area (Å²) in [5.74, 6) is 0. The number of rotatable bonds is 3. The van der Waals surface area contributed by atoms with Gasteiger partial charge in [-0.05, 0) is 38.6 Å². The van der Waals surface area contributed by atoms with Crippen molar-refractivity contribution < 1.29 is 5.11 Å². The first kappa shape index (κ1) is 8.02. The van der Waals surface area contributed by atoms with Crippen LogP contribution in [0.15, 0.2) is 0 Å². The average molecular weight is 143 g/mol. The maximum atomic E-state index is 9.71. The molecule has 0 saturated heterocycles. The molecule has 0 unspecified atom stereocenters. The second-order valence-electron chi connectivity index (χ2n) is 3.17. The first-order chi connectivity index (χ1) is 4.77. The van der Waals surface area contributed by atoms with E-state index < -0.39 is 5.72 Å². The predicted octanol–water partition coefficient (Wildman–Crippen LogP) is 1.25. The molecule has 0 atom stereocenters. The number of aliphatic hydroxyl groups is 1. The van der Waals surface area contributed by atoms with E-state index in [4.69, 9.17) is 0 Å². The van der Waals surface area contributed by atoms with Crippen molar-refractivity contribution in [1.82, 2.24) is 5.32 Å². The number of hydrogen-bond donors (Lipinski definition) is 2. The van der Waals surface area contributed by atoms with Crippen LogP contribution in [0.5, 0.6) is 0 Å². The van der Waals surface area contributed by atoms with E-state index in [1.165, 1.54) is 12.8 Å². The van der Waals surface area contributed by atoms with E-state index in [1.54, 1.807) is 0 Å². The lowest BCUT2D eigenvalue weighted by molar-refractivity contribution is 0.0127. The highest BCUT2D eigenvalue weighted by Crippen LogP contribution is 2.26. The second-order valence-corrected chi connectivity index (χ2v) is 3.17. The van der Waals surface area contributed by atoms with Gasteiger partial charge in [0, 0.05) is 0 Å². The van der Waals surface area contributed by atoms with Crippen LogP contribution in [0.2, 0.25) is 0 Å². The van der Waals surface area contributed by atoms with Gasteiger partial charge in [-0.1, -0.05) is 6.92 Å². The van der Waals surface area contributed by atoms with Gasteiger partial charge in [-0.3, -0.25) is 5.32 Å². The lowest BCUT2D eigenvalue weighted by Gasteiger charge is -2.23. The molecular formula is C8H17NO. The second kappa shape index (κ2) is 3.35. The van der Waals surface area contributed by atoms with Gasteiger partial charge in [0.1, 0.15) is 5.72 Å². The van der Waals surface area contributed by atoms with Crippen molar-refractivity contribution in [3.05, 3.63) is 0 Å². The van der Waals surface area contributed by atoms with Crippen LogP contribution in [-0.2, 0) is 0 Å². The molecule has 1 aliphatic carbocycles. The summed E-state index contributed by atoms with van der Waals surface area (Å²) in [7, 11) is 0. The Hall–Kier alpha value is -0.0800. The van der Waals surface area contributed by atoms with Crippen LogP contribution >= 0.6 is 0 Å². The highest BCUT2D eigenvalue weighted by Gasteiger charge is 2.29. The van der Waals surface area contributed by atoms with Gasteiger partial charge >= 0.3 is 0 Å². The standard InChI is InChI=1S/C8H17NO/c1-2-7-9-8(10)5-3-4-6-8/h9-10H,2-7H2,1H3. The van der Waals surface area contributed by atoms with E-state index >= 15 is 0 Å². The van der Waals surface area contributed by atoms with Crippen LogP contribution < -0.4 is 5.32 Å². The Labute approximate surface area is 62.6 Å². The topological polar surface area (TPSA) is 32.3 Å². The Kier molecular flexibility index (Phi) is 2.69. The van der Waals surface area contributed by atoms with Crippen molar-refractivity contribution in [2.75, 3.05) is 6.54 Å². The molecule has 2 nitrogen and oxygen atoms in total. The van der Waals surface area contributed by atoms with Crippen LogP contribution in [0.25, 0.3) is 0 Å². The average Bonchev–Trinajstić information content (AvgIpc) is 2.33. The Morgan fingerprint density at radius 1 is 1.40 bits per heavy atom. The third-order valence-electron chi connectivity index (χ3n) is 2.13. The van der Waals surface area contributed by atoms with Gasteiger partial charge in [-0.2, -0.15) is 0 Å². The zero-order chi connectivity index (χ0) is 7.45. The molecular weight excluding hydrogens is 126 g/mol. The molecule has 0 spiro atoms. The summed E-state index contributed by atoms with van der Waals surface area (Å²) in [6.07, 6.45) is 5.32. The number of nitrogens with one attached hydrogen (secondary N) is 1. The molecule has 0 bridgehead atoms. The quantitative estimate of drug-likeness (QED) is 0.583. The smallest absolute Gasteiger partial charge is 0.116 e. The van der Waals surface area contributed by atoms with Gasteiger partial charge in [0.2, 0.25) is 0 Å². The SMILES string of the molecule is CCCNC1(O)CCCC1. The summed E-state index contributed by atoms with van der Waals surface area (Å²) in [4.78, 5) is 0. The molecule has 1 fully saturated rings. The van der Waals surface area contributed by atoms with Crippen molar-refractivity contribution in [2.24, 2.45) is 0 Å². The lowest BCUT2D eigenvalue weighted by Crippen LogP contribution is -2.42. The molecule has 60 valence electrons. The molecule has 2 heteroatoms. The predicted molar refractivity (Wildman–Crippen MR) is 41.7 cm³/mol. The fraction of sp³-hybridized carbons (Fsp3) is 1.00. The maximum absolute atomic E-state index is 9.71. The van der Waals surface area contributed by atoms with E-state index in [0.717, 1.165) is 25.8 Å². The highest BCUT2D eigenvalue weighted by molar-refractivity contribution is 4.81. The molecule has 0 aliphatic heterocycles. The fourth-order valence-electron chi connectivity index (χ4n) is 1.49. The van der Waals surface area contributed by atoms with Crippen molar-refractivity contribution in [1.29, 1.82) is 0 Å². The van der Waals surface area contributed by atoms with Gasteiger partial charge in [-0.15, -0.1) is 0 Å². The molecule has 0 aromatic heterocycles. The maximum Gasteiger partial charge on any atom is 0.116 e. The fourth-order valence-corrected chi connectivity index (χ4v) is 1.49. The highest BCUT2D eigenvalue weighted by atomic mass is 16.3. The summed E-state index contributed by atoms with van der Waals surface area (Å²) in [5, 5.41) is 12.9. The molecule has 0 aromatic carbocycles. The first-order valence-corrected chi connectivity index (χ1v) is 4.24. The van der Waals surface area contributed by atoms with Crippen LogP contribution in [0, 0.1) is 0 Å². The zero-order valence-electron chi connectivity index (χ0n) is 6.69. The van der Waals surface area contributed by atoms with Gasteiger partial charge in [0.05, 0.1) is 0 Å². The minimum Gasteiger partial charge on any atom is -0.376 e. The van der Waals surface area contributed by atoms with Crippen molar-refractivity contribution in [3.63, 3.8) is 0 Å². The van der Waals surface area contributed by atoms with Gasteiger partial charge in [-0.25, -0.2) is 0 Å². The van der Waals surface area contributed by atoms with E-state index in [2.05, 4.69) is 12.2 Å². The van der Waals surface area contributed by atoms with Gasteiger partial charge in [0.25, 0.3) is 0 Å². The summed E-state index contributed by atoms with van der Waals surface area (Å²) in [5.41, 5.74) is -0.504. The van der Waals surface area contributed by atoms with Gasteiger partial charge in [0.15, 0.2) is 0 Å². The van der Waals surface area contributed by atoms with Crippen LogP contribution in [0.3, 0.4) is 0 Å². The molecule has 0 amide bonds. The van der Waals surface area contributed by atoms with E-state index in [-0.39, 0.29) is 0 Å². The minimum absolute atomic E-state index is 0.504. The Morgan fingerprint density at radius 2 is 2.00 bits per heavy atom. The van der Waals surface area contributed by atoms with E-state index in [0.29, 0.717) is 0 Å². The normalized spacial score (nSPS) is 23.4. The third kappa shape index (κ3) is 1.96. The zero-order valence-corrected chi connectivity index (χ0v) is 6.69. The van der Waals surface area contributed by atoms with Crippen molar-refractivity contribution in [3.8, 4) is 0 Å². The molecule has 1 saturated carbocycles. The molecule has 1 aliphatic rings. The van der Waals surface area contributed by atoms with E-state index in [9.17, 15) is 5.11 Å². The monoisotopic (exact) mass is 143 g/mol. The van der Waals surface area contributed by atoms with E-state index in [1.807, 2.05) is 0 Å².